The quantitative estimate of drug-likeness (QED) is 0.470. The SMILES string of the molecule is CCCC(O)CNc1nc(C(C)(C)C)nc(NN)c1C. The molecule has 6 heteroatoms. The lowest BCUT2D eigenvalue weighted by Crippen LogP contribution is -2.24. The van der Waals surface area contributed by atoms with E-state index in [0.717, 1.165) is 18.4 Å². The van der Waals surface area contributed by atoms with Crippen LogP contribution in [0.4, 0.5) is 11.6 Å². The molecule has 0 aliphatic heterocycles. The van der Waals surface area contributed by atoms with Crippen LogP contribution in [0.2, 0.25) is 0 Å². The molecule has 0 bridgehead atoms. The summed E-state index contributed by atoms with van der Waals surface area (Å²) in [6.45, 7) is 10.6. The number of hydrogen-bond donors (Lipinski definition) is 4. The minimum Gasteiger partial charge on any atom is -0.391 e. The predicted molar refractivity (Wildman–Crippen MR) is 82.7 cm³/mol. The van der Waals surface area contributed by atoms with Crippen molar-refractivity contribution in [2.24, 2.45) is 5.84 Å². The molecule has 0 fully saturated rings. The number of nitrogens with one attached hydrogen (secondary N) is 2. The van der Waals surface area contributed by atoms with Gasteiger partial charge in [-0.2, -0.15) is 0 Å². The number of aliphatic hydroxyl groups excluding tert-OH is 1. The molecule has 114 valence electrons. The molecule has 0 radical (unpaired) electrons. The summed E-state index contributed by atoms with van der Waals surface area (Å²) in [4.78, 5) is 8.99. The van der Waals surface area contributed by atoms with Crippen LogP contribution in [0.3, 0.4) is 0 Å². The number of aromatic nitrogens is 2. The lowest BCUT2D eigenvalue weighted by Gasteiger charge is -2.21. The van der Waals surface area contributed by atoms with Crippen molar-refractivity contribution in [2.75, 3.05) is 17.3 Å². The summed E-state index contributed by atoms with van der Waals surface area (Å²) in [5.41, 5.74) is 3.29. The third-order valence-electron chi connectivity index (χ3n) is 3.08. The summed E-state index contributed by atoms with van der Waals surface area (Å²) < 4.78 is 0. The van der Waals surface area contributed by atoms with Gasteiger partial charge in [0, 0.05) is 17.5 Å². The molecule has 0 saturated carbocycles. The predicted octanol–water partition coefficient (Wildman–Crippen LogP) is 1.94. The largest absolute Gasteiger partial charge is 0.391 e. The maximum Gasteiger partial charge on any atom is 0.148 e. The van der Waals surface area contributed by atoms with Crippen LogP contribution in [0.5, 0.6) is 0 Å². The normalized spacial score (nSPS) is 13.2. The molecule has 0 saturated heterocycles. The molecule has 5 N–H and O–H groups in total. The number of hydrazine groups is 1. The second kappa shape index (κ2) is 6.85. The van der Waals surface area contributed by atoms with Gasteiger partial charge in [-0.1, -0.05) is 34.1 Å². The Hall–Kier alpha value is -1.40. The Bertz CT molecular complexity index is 442. The Morgan fingerprint density at radius 2 is 1.85 bits per heavy atom. The van der Waals surface area contributed by atoms with Crippen molar-refractivity contribution in [1.82, 2.24) is 9.97 Å². The number of aliphatic hydroxyl groups is 1. The highest BCUT2D eigenvalue weighted by Crippen LogP contribution is 2.25. The zero-order valence-electron chi connectivity index (χ0n) is 13.1. The molecule has 1 aromatic rings. The zero-order chi connectivity index (χ0) is 15.3. The van der Waals surface area contributed by atoms with Crippen molar-refractivity contribution in [1.29, 1.82) is 0 Å². The lowest BCUT2D eigenvalue weighted by atomic mass is 9.95. The van der Waals surface area contributed by atoms with E-state index in [4.69, 9.17) is 5.84 Å². The first kappa shape index (κ1) is 16.7. The molecular formula is C14H27N5O. The molecule has 0 spiro atoms. The topological polar surface area (TPSA) is 96.1 Å². The third-order valence-corrected chi connectivity index (χ3v) is 3.08. The fraction of sp³-hybridized carbons (Fsp3) is 0.714. The van der Waals surface area contributed by atoms with E-state index in [1.54, 1.807) is 0 Å². The molecule has 0 aliphatic rings. The zero-order valence-corrected chi connectivity index (χ0v) is 13.1. The van der Waals surface area contributed by atoms with Gasteiger partial charge in [-0.05, 0) is 13.3 Å². The van der Waals surface area contributed by atoms with Crippen LogP contribution in [-0.2, 0) is 5.41 Å². The van der Waals surface area contributed by atoms with Crippen molar-refractivity contribution < 1.29 is 5.11 Å². The minimum absolute atomic E-state index is 0.169. The monoisotopic (exact) mass is 281 g/mol. The van der Waals surface area contributed by atoms with Crippen LogP contribution >= 0.6 is 0 Å². The molecule has 1 aromatic heterocycles. The van der Waals surface area contributed by atoms with Gasteiger partial charge in [0.05, 0.1) is 6.10 Å². The van der Waals surface area contributed by atoms with Crippen LogP contribution in [0.25, 0.3) is 0 Å². The second-order valence-corrected chi connectivity index (χ2v) is 6.09. The minimum atomic E-state index is -0.373. The Morgan fingerprint density at radius 3 is 2.35 bits per heavy atom. The molecule has 1 unspecified atom stereocenters. The molecule has 1 heterocycles. The van der Waals surface area contributed by atoms with Gasteiger partial charge in [0.25, 0.3) is 0 Å². The fourth-order valence-corrected chi connectivity index (χ4v) is 1.81. The van der Waals surface area contributed by atoms with E-state index in [0.29, 0.717) is 24.0 Å². The Balaban J connectivity index is 2.99. The number of anilines is 2. The summed E-state index contributed by atoms with van der Waals surface area (Å²) in [5.74, 6) is 7.55. The Labute approximate surface area is 121 Å². The number of nitrogens with two attached hydrogens (primary N) is 1. The average Bonchev–Trinajstić information content (AvgIpc) is 2.36. The highest BCUT2D eigenvalue weighted by Gasteiger charge is 2.21. The Kier molecular flexibility index (Phi) is 5.71. The van der Waals surface area contributed by atoms with E-state index in [1.165, 1.54) is 0 Å². The van der Waals surface area contributed by atoms with Crippen molar-refractivity contribution in [3.05, 3.63) is 11.4 Å². The van der Waals surface area contributed by atoms with E-state index in [9.17, 15) is 5.11 Å². The summed E-state index contributed by atoms with van der Waals surface area (Å²) in [6.07, 6.45) is 1.35. The van der Waals surface area contributed by atoms with Crippen molar-refractivity contribution in [3.8, 4) is 0 Å². The maximum absolute atomic E-state index is 9.81. The highest BCUT2D eigenvalue weighted by atomic mass is 16.3. The molecule has 20 heavy (non-hydrogen) atoms. The molecule has 0 aliphatic carbocycles. The van der Waals surface area contributed by atoms with E-state index in [-0.39, 0.29) is 11.5 Å². The van der Waals surface area contributed by atoms with Crippen molar-refractivity contribution in [2.45, 2.75) is 59.0 Å². The van der Waals surface area contributed by atoms with E-state index >= 15 is 0 Å². The Morgan fingerprint density at radius 1 is 1.25 bits per heavy atom. The van der Waals surface area contributed by atoms with Gasteiger partial charge in [0.1, 0.15) is 17.5 Å². The molecule has 0 aromatic carbocycles. The second-order valence-electron chi connectivity index (χ2n) is 6.09. The first-order valence-corrected chi connectivity index (χ1v) is 7.07. The first-order chi connectivity index (χ1) is 9.29. The maximum atomic E-state index is 9.81. The summed E-state index contributed by atoms with van der Waals surface area (Å²) in [6, 6.07) is 0. The smallest absolute Gasteiger partial charge is 0.148 e. The van der Waals surface area contributed by atoms with Crippen LogP contribution < -0.4 is 16.6 Å². The highest BCUT2D eigenvalue weighted by molar-refractivity contribution is 5.57. The van der Waals surface area contributed by atoms with E-state index in [1.807, 2.05) is 34.6 Å². The standard InChI is InChI=1S/C14H27N5O/c1-6-7-10(20)8-16-11-9(2)12(19-15)18-13(17-11)14(3,4)5/h10,20H,6-8,15H2,1-5H3,(H2,16,17,18,19). The fourth-order valence-electron chi connectivity index (χ4n) is 1.81. The van der Waals surface area contributed by atoms with Crippen LogP contribution in [0, 0.1) is 6.92 Å². The molecule has 6 nitrogen and oxygen atoms in total. The van der Waals surface area contributed by atoms with Gasteiger partial charge in [0.15, 0.2) is 0 Å². The van der Waals surface area contributed by atoms with Gasteiger partial charge in [-0.25, -0.2) is 15.8 Å². The van der Waals surface area contributed by atoms with Gasteiger partial charge in [0.2, 0.25) is 0 Å². The van der Waals surface area contributed by atoms with E-state index < -0.39 is 0 Å². The van der Waals surface area contributed by atoms with Crippen LogP contribution in [0.15, 0.2) is 0 Å². The lowest BCUT2D eigenvalue weighted by molar-refractivity contribution is 0.176. The van der Waals surface area contributed by atoms with Crippen LogP contribution in [0.1, 0.15) is 51.9 Å². The van der Waals surface area contributed by atoms with E-state index in [2.05, 4.69) is 20.7 Å². The average molecular weight is 281 g/mol. The van der Waals surface area contributed by atoms with Gasteiger partial charge in [-0.15, -0.1) is 0 Å². The van der Waals surface area contributed by atoms with Gasteiger partial charge in [-0.3, -0.25) is 0 Å². The van der Waals surface area contributed by atoms with Crippen LogP contribution in [-0.4, -0.2) is 27.7 Å². The number of rotatable bonds is 6. The van der Waals surface area contributed by atoms with Crippen molar-refractivity contribution >= 4 is 11.6 Å². The number of nitrogen functional groups attached to an aromatic ring is 1. The number of hydrogen-bond acceptors (Lipinski definition) is 6. The molecular weight excluding hydrogens is 254 g/mol. The molecule has 0 amide bonds. The molecule has 1 atom stereocenters. The number of nitrogens with zero attached hydrogens (tertiary/aromatic N) is 2. The molecule has 1 rings (SSSR count). The third kappa shape index (κ3) is 4.31. The van der Waals surface area contributed by atoms with Gasteiger partial charge < -0.3 is 15.8 Å². The summed E-state index contributed by atoms with van der Waals surface area (Å²) in [5, 5.41) is 13.0. The summed E-state index contributed by atoms with van der Waals surface area (Å²) in [7, 11) is 0. The van der Waals surface area contributed by atoms with Crippen molar-refractivity contribution in [3.63, 3.8) is 0 Å². The van der Waals surface area contributed by atoms with Gasteiger partial charge >= 0.3 is 0 Å². The summed E-state index contributed by atoms with van der Waals surface area (Å²) >= 11 is 0. The first-order valence-electron chi connectivity index (χ1n) is 7.07.